The van der Waals surface area contributed by atoms with Crippen LogP contribution in [0.4, 0.5) is 11.4 Å². The number of nitrogens with zero attached hydrogens (tertiary/aromatic N) is 1. The van der Waals surface area contributed by atoms with Crippen LogP contribution < -0.4 is 10.6 Å². The second-order valence-corrected chi connectivity index (χ2v) is 5.34. The Hall–Kier alpha value is -2.45. The molecule has 0 heterocycles. The number of carbonyl (C=O) groups is 1. The fraction of sp³-hybridized carbons (Fsp3) is 0.125. The normalized spacial score (nSPS) is 9.71. The minimum Gasteiger partial charge on any atom is -0.376 e. The van der Waals surface area contributed by atoms with Crippen LogP contribution in [0.2, 0.25) is 0 Å². The summed E-state index contributed by atoms with van der Waals surface area (Å²) in [6.07, 6.45) is 0. The predicted molar refractivity (Wildman–Crippen MR) is 86.2 cm³/mol. The van der Waals surface area contributed by atoms with Crippen LogP contribution in [0.1, 0.15) is 5.56 Å². The maximum absolute atomic E-state index is 11.8. The summed E-state index contributed by atoms with van der Waals surface area (Å²) in [5, 5.41) is 16.4. The molecule has 5 heteroatoms. The molecule has 0 unspecified atom stereocenters. The Balaban J connectivity index is 1.83. The number of hydrogen-bond acceptors (Lipinski definition) is 4. The highest BCUT2D eigenvalue weighted by Gasteiger charge is 2.02. The third-order valence-corrected chi connectivity index (χ3v) is 3.41. The Morgan fingerprint density at radius 1 is 1.10 bits per heavy atom. The molecule has 0 aromatic heterocycles. The molecule has 1 amide bonds. The van der Waals surface area contributed by atoms with Crippen molar-refractivity contribution in [2.75, 3.05) is 17.2 Å². The lowest BCUT2D eigenvalue weighted by molar-refractivity contribution is -0.114. The van der Waals surface area contributed by atoms with Gasteiger partial charge in [-0.2, -0.15) is 5.26 Å². The number of thioether (sulfide) groups is 1. The summed E-state index contributed by atoms with van der Waals surface area (Å²) < 4.78 is 0. The summed E-state index contributed by atoms with van der Waals surface area (Å²) in [7, 11) is 0. The average molecular weight is 297 g/mol. The van der Waals surface area contributed by atoms with Crippen molar-refractivity contribution < 1.29 is 4.79 Å². The van der Waals surface area contributed by atoms with Gasteiger partial charge in [0, 0.05) is 16.3 Å². The van der Waals surface area contributed by atoms with Crippen molar-refractivity contribution in [1.82, 2.24) is 0 Å². The van der Waals surface area contributed by atoms with Crippen LogP contribution in [-0.4, -0.2) is 12.5 Å². The molecule has 0 radical (unpaired) electrons. The zero-order valence-corrected chi connectivity index (χ0v) is 12.4. The molecule has 21 heavy (non-hydrogen) atoms. The number of rotatable bonds is 5. The van der Waals surface area contributed by atoms with E-state index in [1.165, 1.54) is 0 Å². The minimum atomic E-state index is -0.102. The predicted octanol–water partition coefficient (Wildman–Crippen LogP) is 3.62. The molecule has 0 saturated heterocycles. The third kappa shape index (κ3) is 4.86. The number of nitriles is 1. The van der Waals surface area contributed by atoms with Crippen LogP contribution in [0.3, 0.4) is 0 Å². The first-order valence-corrected chi connectivity index (χ1v) is 7.25. The first kappa shape index (κ1) is 14.9. The topological polar surface area (TPSA) is 64.9 Å². The maximum atomic E-state index is 11.8. The van der Waals surface area contributed by atoms with Gasteiger partial charge < -0.3 is 10.6 Å². The Bertz CT molecular complexity index is 645. The number of carbonyl (C=O) groups excluding carboxylic acids is 1. The van der Waals surface area contributed by atoms with E-state index in [9.17, 15) is 4.79 Å². The van der Waals surface area contributed by atoms with Gasteiger partial charge in [-0.25, -0.2) is 0 Å². The van der Waals surface area contributed by atoms with Crippen LogP contribution in [0, 0.1) is 17.6 Å². The first-order chi connectivity index (χ1) is 10.2. The number of thiocyanates is 1. The smallest absolute Gasteiger partial charge is 0.243 e. The van der Waals surface area contributed by atoms with Crippen molar-refractivity contribution >= 4 is 29.0 Å². The van der Waals surface area contributed by atoms with E-state index >= 15 is 0 Å². The maximum Gasteiger partial charge on any atom is 0.243 e. The van der Waals surface area contributed by atoms with Gasteiger partial charge in [0.2, 0.25) is 5.91 Å². The number of hydrogen-bond donors (Lipinski definition) is 2. The zero-order valence-electron chi connectivity index (χ0n) is 11.6. The molecule has 0 aliphatic carbocycles. The highest BCUT2D eigenvalue weighted by atomic mass is 32.2. The van der Waals surface area contributed by atoms with Gasteiger partial charge in [-0.05, 0) is 55.1 Å². The molecule has 2 aromatic carbocycles. The van der Waals surface area contributed by atoms with Crippen LogP contribution >= 0.6 is 11.8 Å². The van der Waals surface area contributed by atoms with Crippen molar-refractivity contribution in [3.63, 3.8) is 0 Å². The number of nitrogens with one attached hydrogen (secondary N) is 2. The standard InChI is InChI=1S/C16H15N3OS/c1-12-2-4-14(5-3-12)19-16(20)10-18-13-6-8-15(9-7-13)21-11-17/h2-9,18H,10H2,1H3,(H,19,20). The highest BCUT2D eigenvalue weighted by Crippen LogP contribution is 2.18. The second kappa shape index (κ2) is 7.36. The van der Waals surface area contributed by atoms with E-state index < -0.39 is 0 Å². The molecule has 0 spiro atoms. The molecule has 4 nitrogen and oxygen atoms in total. The van der Waals surface area contributed by atoms with Crippen molar-refractivity contribution in [2.45, 2.75) is 11.8 Å². The van der Waals surface area contributed by atoms with Gasteiger partial charge in [-0.15, -0.1) is 0 Å². The number of amides is 1. The molecule has 2 rings (SSSR count). The lowest BCUT2D eigenvalue weighted by Gasteiger charge is -2.08. The Morgan fingerprint density at radius 2 is 1.71 bits per heavy atom. The largest absolute Gasteiger partial charge is 0.376 e. The lowest BCUT2D eigenvalue weighted by atomic mass is 10.2. The van der Waals surface area contributed by atoms with Gasteiger partial charge in [-0.1, -0.05) is 17.7 Å². The van der Waals surface area contributed by atoms with Gasteiger partial charge in [-0.3, -0.25) is 4.79 Å². The molecule has 0 atom stereocenters. The van der Waals surface area contributed by atoms with Gasteiger partial charge in [0.05, 0.1) is 6.54 Å². The van der Waals surface area contributed by atoms with Gasteiger partial charge in [0.25, 0.3) is 0 Å². The Labute approximate surface area is 128 Å². The molecular weight excluding hydrogens is 282 g/mol. The van der Waals surface area contributed by atoms with Gasteiger partial charge in [0.1, 0.15) is 5.40 Å². The quantitative estimate of drug-likeness (QED) is 0.653. The van der Waals surface area contributed by atoms with E-state index in [4.69, 9.17) is 5.26 Å². The average Bonchev–Trinajstić information content (AvgIpc) is 2.49. The van der Waals surface area contributed by atoms with Crippen molar-refractivity contribution in [3.8, 4) is 5.40 Å². The zero-order chi connectivity index (χ0) is 15.1. The number of anilines is 2. The summed E-state index contributed by atoms with van der Waals surface area (Å²) in [5.41, 5.74) is 2.78. The van der Waals surface area contributed by atoms with Crippen molar-refractivity contribution in [1.29, 1.82) is 5.26 Å². The first-order valence-electron chi connectivity index (χ1n) is 6.44. The van der Waals surface area contributed by atoms with Crippen LogP contribution in [-0.2, 0) is 4.79 Å². The van der Waals surface area contributed by atoms with Gasteiger partial charge in [0.15, 0.2) is 0 Å². The van der Waals surface area contributed by atoms with Crippen molar-refractivity contribution in [3.05, 3.63) is 54.1 Å². The minimum absolute atomic E-state index is 0.102. The summed E-state index contributed by atoms with van der Waals surface area (Å²) in [5.74, 6) is -0.102. The highest BCUT2D eigenvalue weighted by molar-refractivity contribution is 8.03. The van der Waals surface area contributed by atoms with E-state index in [1.807, 2.05) is 60.9 Å². The third-order valence-electron chi connectivity index (χ3n) is 2.81. The molecule has 0 aliphatic rings. The molecule has 2 N–H and O–H groups in total. The summed E-state index contributed by atoms with van der Waals surface area (Å²) in [6, 6.07) is 15.0. The fourth-order valence-corrected chi connectivity index (χ4v) is 2.10. The molecule has 2 aromatic rings. The SMILES string of the molecule is Cc1ccc(NC(=O)CNc2ccc(SC#N)cc2)cc1. The molecule has 106 valence electrons. The Morgan fingerprint density at radius 3 is 2.33 bits per heavy atom. The van der Waals surface area contributed by atoms with Crippen LogP contribution in [0.25, 0.3) is 0 Å². The van der Waals surface area contributed by atoms with Crippen LogP contribution in [0.15, 0.2) is 53.4 Å². The van der Waals surface area contributed by atoms with Crippen LogP contribution in [0.5, 0.6) is 0 Å². The number of benzene rings is 2. The van der Waals surface area contributed by atoms with E-state index in [0.717, 1.165) is 33.6 Å². The monoisotopic (exact) mass is 297 g/mol. The fourth-order valence-electron chi connectivity index (χ4n) is 1.72. The molecular formula is C16H15N3OS. The second-order valence-electron chi connectivity index (χ2n) is 4.49. The van der Waals surface area contributed by atoms with E-state index in [0.29, 0.717) is 0 Å². The van der Waals surface area contributed by atoms with Gasteiger partial charge >= 0.3 is 0 Å². The summed E-state index contributed by atoms with van der Waals surface area (Å²) in [6.45, 7) is 2.19. The molecule has 0 fully saturated rings. The Kier molecular flexibility index (Phi) is 5.24. The summed E-state index contributed by atoms with van der Waals surface area (Å²) in [4.78, 5) is 12.7. The molecule has 0 bridgehead atoms. The molecule has 0 aliphatic heterocycles. The molecule has 0 saturated carbocycles. The van der Waals surface area contributed by atoms with E-state index in [-0.39, 0.29) is 12.5 Å². The van der Waals surface area contributed by atoms with Crippen molar-refractivity contribution in [2.24, 2.45) is 0 Å². The number of aryl methyl sites for hydroxylation is 1. The van der Waals surface area contributed by atoms with E-state index in [1.54, 1.807) is 0 Å². The lowest BCUT2D eigenvalue weighted by Crippen LogP contribution is -2.21. The van der Waals surface area contributed by atoms with E-state index in [2.05, 4.69) is 10.6 Å². The summed E-state index contributed by atoms with van der Waals surface area (Å²) >= 11 is 1.11.